The van der Waals surface area contributed by atoms with Gasteiger partial charge in [-0.15, -0.1) is 0 Å². The monoisotopic (exact) mass is 129 g/mol. The fraction of sp³-hybridized carbons (Fsp3) is 0.714. The molecule has 53 valence electrons. The lowest BCUT2D eigenvalue weighted by Crippen LogP contribution is -2.09. The Labute approximate surface area is 55.9 Å². The van der Waals surface area contributed by atoms with Crippen LogP contribution in [-0.2, 0) is 4.79 Å². The molecular formula is C7H13O2. The second-order valence-corrected chi connectivity index (χ2v) is 1.97. The highest BCUT2D eigenvalue weighted by Crippen LogP contribution is 2.05. The highest BCUT2D eigenvalue weighted by atomic mass is 16.3. The van der Waals surface area contributed by atoms with E-state index in [-0.39, 0.29) is 11.9 Å². The number of hydrogen-bond acceptors (Lipinski definition) is 2. The van der Waals surface area contributed by atoms with Crippen LogP contribution in [0.15, 0.2) is 0 Å². The Balaban J connectivity index is 3.46. The summed E-state index contributed by atoms with van der Waals surface area (Å²) < 4.78 is 0. The second-order valence-electron chi connectivity index (χ2n) is 1.97. The maximum atomic E-state index is 10.7. The Bertz CT molecular complexity index is 88.9. The van der Waals surface area contributed by atoms with Crippen LogP contribution in [0.4, 0.5) is 0 Å². The average Bonchev–Trinajstić information content (AvgIpc) is 1.87. The van der Waals surface area contributed by atoms with E-state index in [0.717, 1.165) is 6.42 Å². The van der Waals surface area contributed by atoms with Crippen LogP contribution in [0.2, 0.25) is 0 Å². The van der Waals surface area contributed by atoms with Crippen molar-refractivity contribution in [1.82, 2.24) is 0 Å². The highest BCUT2D eigenvalue weighted by Gasteiger charge is 2.11. The first-order chi connectivity index (χ1) is 4.22. The van der Waals surface area contributed by atoms with E-state index >= 15 is 0 Å². The Kier molecular flexibility index (Phi) is 4.32. The number of ketones is 1. The molecule has 0 heterocycles. The smallest absolute Gasteiger partial charge is 0.167 e. The van der Waals surface area contributed by atoms with Gasteiger partial charge in [0.05, 0.1) is 0 Å². The number of carbonyl (C=O) groups is 1. The molecule has 0 saturated heterocycles. The van der Waals surface area contributed by atoms with Gasteiger partial charge >= 0.3 is 0 Å². The molecule has 0 amide bonds. The van der Waals surface area contributed by atoms with Crippen LogP contribution in [0.3, 0.4) is 0 Å². The van der Waals surface area contributed by atoms with Crippen LogP contribution < -0.4 is 0 Å². The van der Waals surface area contributed by atoms with Crippen molar-refractivity contribution in [3.8, 4) is 0 Å². The van der Waals surface area contributed by atoms with Gasteiger partial charge in [0.1, 0.15) is 0 Å². The third-order valence-corrected chi connectivity index (χ3v) is 1.13. The molecule has 1 radical (unpaired) electrons. The summed E-state index contributed by atoms with van der Waals surface area (Å²) in [4.78, 5) is 10.7. The molecule has 0 aliphatic carbocycles. The largest absolute Gasteiger partial charge is 0.379 e. The van der Waals surface area contributed by atoms with Gasteiger partial charge in [0.2, 0.25) is 0 Å². The van der Waals surface area contributed by atoms with Crippen molar-refractivity contribution in [3.05, 3.63) is 6.10 Å². The number of carbonyl (C=O) groups excluding carboxylic acids is 1. The second kappa shape index (κ2) is 4.50. The Morgan fingerprint density at radius 2 is 2.00 bits per heavy atom. The van der Waals surface area contributed by atoms with Crippen LogP contribution >= 0.6 is 0 Å². The van der Waals surface area contributed by atoms with Crippen molar-refractivity contribution in [3.63, 3.8) is 0 Å². The van der Waals surface area contributed by atoms with Gasteiger partial charge in [-0.3, -0.25) is 4.79 Å². The number of rotatable bonds is 4. The minimum absolute atomic E-state index is 0.0110. The zero-order chi connectivity index (χ0) is 7.28. The summed E-state index contributed by atoms with van der Waals surface area (Å²) in [5, 5.41) is 8.82. The first kappa shape index (κ1) is 8.63. The molecular weight excluding hydrogens is 116 g/mol. The van der Waals surface area contributed by atoms with Gasteiger partial charge in [-0.25, -0.2) is 0 Å². The summed E-state index contributed by atoms with van der Waals surface area (Å²) in [6, 6.07) is 0. The minimum atomic E-state index is -0.111. The van der Waals surface area contributed by atoms with Gasteiger partial charge < -0.3 is 5.11 Å². The van der Waals surface area contributed by atoms with Crippen LogP contribution in [0.5, 0.6) is 0 Å². The molecule has 0 atom stereocenters. The molecule has 0 bridgehead atoms. The van der Waals surface area contributed by atoms with Crippen LogP contribution in [-0.4, -0.2) is 10.9 Å². The van der Waals surface area contributed by atoms with Gasteiger partial charge in [-0.05, 0) is 12.8 Å². The fourth-order valence-corrected chi connectivity index (χ4v) is 0.569. The van der Waals surface area contributed by atoms with E-state index in [4.69, 9.17) is 5.11 Å². The lowest BCUT2D eigenvalue weighted by atomic mass is 10.1. The van der Waals surface area contributed by atoms with Gasteiger partial charge in [-0.1, -0.05) is 13.8 Å². The summed E-state index contributed by atoms with van der Waals surface area (Å²) in [5.74, 6) is -0.111. The molecule has 2 nitrogen and oxygen atoms in total. The fourth-order valence-electron chi connectivity index (χ4n) is 0.569. The quantitative estimate of drug-likeness (QED) is 0.627. The first-order valence-corrected chi connectivity index (χ1v) is 3.30. The Hall–Kier alpha value is -0.370. The van der Waals surface area contributed by atoms with Crippen molar-refractivity contribution in [2.75, 3.05) is 0 Å². The maximum Gasteiger partial charge on any atom is 0.167 e. The zero-order valence-electron chi connectivity index (χ0n) is 5.98. The summed E-state index contributed by atoms with van der Waals surface area (Å²) in [7, 11) is 0. The third kappa shape index (κ3) is 3.25. The summed E-state index contributed by atoms with van der Waals surface area (Å²) in [6.07, 6.45) is 1.75. The molecule has 0 unspecified atom stereocenters. The van der Waals surface area contributed by atoms with Gasteiger partial charge in [-0.2, -0.15) is 0 Å². The zero-order valence-corrected chi connectivity index (χ0v) is 5.98. The normalized spacial score (nSPS) is 10.2. The molecule has 0 aromatic rings. The van der Waals surface area contributed by atoms with Gasteiger partial charge in [0.15, 0.2) is 11.9 Å². The van der Waals surface area contributed by atoms with Crippen molar-refractivity contribution in [2.45, 2.75) is 33.1 Å². The molecule has 0 aromatic heterocycles. The van der Waals surface area contributed by atoms with Crippen molar-refractivity contribution in [2.24, 2.45) is 0 Å². The first-order valence-electron chi connectivity index (χ1n) is 3.30. The van der Waals surface area contributed by atoms with E-state index < -0.39 is 0 Å². The predicted octanol–water partition coefficient (Wildman–Crippen LogP) is 1.67. The highest BCUT2D eigenvalue weighted by molar-refractivity contribution is 5.89. The van der Waals surface area contributed by atoms with E-state index in [9.17, 15) is 4.79 Å². The van der Waals surface area contributed by atoms with Crippen molar-refractivity contribution in [1.29, 1.82) is 0 Å². The standard InChI is InChI=1S/C7H13O2/c1-3-5-7(9)6(8)4-2/h8H,3-5H2,1-2H3. The summed E-state index contributed by atoms with van der Waals surface area (Å²) in [5.41, 5.74) is 0. The molecule has 9 heavy (non-hydrogen) atoms. The molecule has 0 aliphatic rings. The number of Topliss-reactive ketones (excluding diaryl/α,β-unsaturated/α-hetero) is 1. The molecule has 1 N–H and O–H groups in total. The van der Waals surface area contributed by atoms with Gasteiger partial charge in [0, 0.05) is 6.42 Å². The van der Waals surface area contributed by atoms with E-state index in [0.29, 0.717) is 12.8 Å². The van der Waals surface area contributed by atoms with Crippen LogP contribution in [0, 0.1) is 6.10 Å². The number of aliphatic hydroxyl groups excluding tert-OH is 1. The number of aliphatic hydroxyl groups is 1. The lowest BCUT2D eigenvalue weighted by molar-refractivity contribution is -0.121. The topological polar surface area (TPSA) is 37.3 Å². The molecule has 0 spiro atoms. The molecule has 2 heteroatoms. The molecule has 0 saturated carbocycles. The van der Waals surface area contributed by atoms with E-state index in [2.05, 4.69) is 0 Å². The van der Waals surface area contributed by atoms with E-state index in [1.807, 2.05) is 6.92 Å². The Morgan fingerprint density at radius 1 is 1.44 bits per heavy atom. The molecule has 0 aliphatic heterocycles. The summed E-state index contributed by atoms with van der Waals surface area (Å²) in [6.45, 7) is 3.68. The molecule has 0 fully saturated rings. The van der Waals surface area contributed by atoms with Crippen LogP contribution in [0.25, 0.3) is 0 Å². The van der Waals surface area contributed by atoms with Gasteiger partial charge in [0.25, 0.3) is 0 Å². The average molecular weight is 129 g/mol. The minimum Gasteiger partial charge on any atom is -0.379 e. The number of hydrogen-bond donors (Lipinski definition) is 1. The predicted molar refractivity (Wildman–Crippen MR) is 35.4 cm³/mol. The molecule has 0 rings (SSSR count). The maximum absolute atomic E-state index is 10.7. The van der Waals surface area contributed by atoms with E-state index in [1.165, 1.54) is 0 Å². The SMILES string of the molecule is CCCC(=O)[C](O)CC. The third-order valence-electron chi connectivity index (χ3n) is 1.13. The summed E-state index contributed by atoms with van der Waals surface area (Å²) >= 11 is 0. The van der Waals surface area contributed by atoms with Crippen molar-refractivity contribution < 1.29 is 9.90 Å². The lowest BCUT2D eigenvalue weighted by Gasteiger charge is -2.01. The van der Waals surface area contributed by atoms with Crippen LogP contribution in [0.1, 0.15) is 33.1 Å². The van der Waals surface area contributed by atoms with E-state index in [1.54, 1.807) is 6.92 Å². The molecule has 0 aromatic carbocycles. The van der Waals surface area contributed by atoms with Crippen molar-refractivity contribution >= 4 is 5.78 Å². The Morgan fingerprint density at radius 3 is 2.33 bits per heavy atom.